The average Bonchev–Trinajstić information content (AvgIpc) is 2.86. The lowest BCUT2D eigenvalue weighted by Crippen LogP contribution is -2.46. The van der Waals surface area contributed by atoms with Crippen molar-refractivity contribution in [2.45, 2.75) is 19.3 Å². The van der Waals surface area contributed by atoms with Gasteiger partial charge < -0.3 is 15.5 Å². The first-order chi connectivity index (χ1) is 16.1. The van der Waals surface area contributed by atoms with Gasteiger partial charge in [-0.2, -0.15) is 0 Å². The second-order valence-corrected chi connectivity index (χ2v) is 8.42. The number of likely N-dealkylation sites (tertiary alicyclic amines) is 1. The van der Waals surface area contributed by atoms with Crippen molar-refractivity contribution in [2.75, 3.05) is 26.2 Å². The molecule has 1 fully saturated rings. The van der Waals surface area contributed by atoms with Crippen LogP contribution in [0, 0.1) is 5.92 Å². The minimum atomic E-state index is -0.238. The molecule has 170 valence electrons. The van der Waals surface area contributed by atoms with E-state index in [2.05, 4.69) is 10.6 Å². The van der Waals surface area contributed by atoms with Crippen molar-refractivity contribution >= 4 is 28.5 Å². The van der Waals surface area contributed by atoms with Gasteiger partial charge in [-0.1, -0.05) is 66.7 Å². The molecule has 0 bridgehead atoms. The molecule has 4 rings (SSSR count). The first-order valence-corrected chi connectivity index (χ1v) is 11.5. The number of nitrogens with one attached hydrogen (secondary N) is 2. The predicted molar refractivity (Wildman–Crippen MR) is 129 cm³/mol. The summed E-state index contributed by atoms with van der Waals surface area (Å²) in [5.41, 5.74) is 1.63. The minimum Gasteiger partial charge on any atom is -0.354 e. The fourth-order valence-corrected chi connectivity index (χ4v) is 4.33. The zero-order valence-corrected chi connectivity index (χ0v) is 18.6. The number of nitrogens with zero attached hydrogens (tertiary/aromatic N) is 1. The Labute approximate surface area is 194 Å². The first-order valence-electron chi connectivity index (χ1n) is 11.5. The Hall–Kier alpha value is -3.67. The zero-order chi connectivity index (χ0) is 23.0. The topological polar surface area (TPSA) is 78.5 Å². The fraction of sp³-hybridized carbons (Fsp3) is 0.296. The lowest BCUT2D eigenvalue weighted by atomic mass is 9.95. The Balaban J connectivity index is 1.26. The molecule has 1 atom stereocenters. The Morgan fingerprint density at radius 2 is 1.58 bits per heavy atom. The molecule has 0 saturated carbocycles. The molecule has 0 radical (unpaired) electrons. The number of hydrogen-bond acceptors (Lipinski definition) is 3. The van der Waals surface area contributed by atoms with E-state index in [0.717, 1.165) is 29.2 Å². The summed E-state index contributed by atoms with van der Waals surface area (Å²) in [6.07, 6.45) is 1.87. The lowest BCUT2D eigenvalue weighted by Gasteiger charge is -2.32. The van der Waals surface area contributed by atoms with Crippen LogP contribution in [0.25, 0.3) is 10.8 Å². The van der Waals surface area contributed by atoms with E-state index < -0.39 is 0 Å². The summed E-state index contributed by atoms with van der Waals surface area (Å²) >= 11 is 0. The second kappa shape index (κ2) is 10.8. The van der Waals surface area contributed by atoms with Gasteiger partial charge in [-0.3, -0.25) is 14.4 Å². The van der Waals surface area contributed by atoms with Crippen molar-refractivity contribution < 1.29 is 14.4 Å². The van der Waals surface area contributed by atoms with Gasteiger partial charge in [0.25, 0.3) is 5.91 Å². The molecule has 33 heavy (non-hydrogen) atoms. The summed E-state index contributed by atoms with van der Waals surface area (Å²) < 4.78 is 0. The van der Waals surface area contributed by atoms with Gasteiger partial charge in [-0.05, 0) is 35.2 Å². The van der Waals surface area contributed by atoms with E-state index in [1.807, 2.05) is 72.8 Å². The van der Waals surface area contributed by atoms with Crippen LogP contribution in [-0.2, 0) is 16.0 Å². The molecule has 1 aliphatic rings. The number of benzene rings is 3. The van der Waals surface area contributed by atoms with Crippen molar-refractivity contribution in [3.8, 4) is 0 Å². The monoisotopic (exact) mass is 443 g/mol. The smallest absolute Gasteiger partial charge is 0.254 e. The number of fused-ring (bicyclic) bond motifs is 1. The van der Waals surface area contributed by atoms with E-state index >= 15 is 0 Å². The van der Waals surface area contributed by atoms with Crippen molar-refractivity contribution in [2.24, 2.45) is 5.92 Å². The van der Waals surface area contributed by atoms with Crippen molar-refractivity contribution in [1.82, 2.24) is 15.5 Å². The van der Waals surface area contributed by atoms with Gasteiger partial charge >= 0.3 is 0 Å². The maximum absolute atomic E-state index is 13.2. The highest BCUT2D eigenvalue weighted by Gasteiger charge is 2.29. The van der Waals surface area contributed by atoms with E-state index in [0.29, 0.717) is 38.2 Å². The van der Waals surface area contributed by atoms with Gasteiger partial charge in [0.2, 0.25) is 11.8 Å². The Morgan fingerprint density at radius 3 is 2.42 bits per heavy atom. The van der Waals surface area contributed by atoms with Gasteiger partial charge in [-0.15, -0.1) is 0 Å². The third-order valence-electron chi connectivity index (χ3n) is 6.05. The summed E-state index contributed by atoms with van der Waals surface area (Å²) in [6, 6.07) is 23.2. The van der Waals surface area contributed by atoms with Gasteiger partial charge in [0.1, 0.15) is 0 Å². The molecule has 2 N–H and O–H groups in total. The fourth-order valence-electron chi connectivity index (χ4n) is 4.33. The predicted octanol–water partition coefficient (Wildman–Crippen LogP) is 3.17. The highest BCUT2D eigenvalue weighted by atomic mass is 16.2. The summed E-state index contributed by atoms with van der Waals surface area (Å²) in [4.78, 5) is 39.7. The molecular weight excluding hydrogens is 414 g/mol. The van der Waals surface area contributed by atoms with Crippen LogP contribution < -0.4 is 10.6 Å². The lowest BCUT2D eigenvalue weighted by molar-refractivity contribution is -0.126. The van der Waals surface area contributed by atoms with Gasteiger partial charge in [0.15, 0.2) is 0 Å². The standard InChI is InChI=1S/C27H29N3O3/c31-25(18-20-8-2-1-3-9-20)28-15-16-29-26(32)22-12-7-17-30(19-22)27(33)24-14-6-11-21-10-4-5-13-23(21)24/h1-6,8-11,13-14,22H,7,12,15-19H2,(H,28,31)(H,29,32). The maximum atomic E-state index is 13.2. The average molecular weight is 444 g/mol. The first kappa shape index (κ1) is 22.5. The van der Waals surface area contributed by atoms with Crippen molar-refractivity contribution in [3.05, 3.63) is 83.9 Å². The van der Waals surface area contributed by atoms with E-state index in [1.54, 1.807) is 4.90 Å². The van der Waals surface area contributed by atoms with Gasteiger partial charge in [-0.25, -0.2) is 0 Å². The van der Waals surface area contributed by atoms with Crippen LogP contribution in [0.4, 0.5) is 0 Å². The second-order valence-electron chi connectivity index (χ2n) is 8.42. The highest BCUT2D eigenvalue weighted by Crippen LogP contribution is 2.23. The number of hydrogen-bond donors (Lipinski definition) is 2. The number of rotatable bonds is 7. The van der Waals surface area contributed by atoms with Crippen molar-refractivity contribution in [1.29, 1.82) is 0 Å². The zero-order valence-electron chi connectivity index (χ0n) is 18.6. The Bertz CT molecular complexity index is 1120. The molecule has 1 heterocycles. The normalized spacial score (nSPS) is 15.8. The van der Waals surface area contributed by atoms with E-state index in [9.17, 15) is 14.4 Å². The van der Waals surface area contributed by atoms with E-state index in [4.69, 9.17) is 0 Å². The molecule has 0 aliphatic carbocycles. The Morgan fingerprint density at radius 1 is 0.848 bits per heavy atom. The molecule has 0 aromatic heterocycles. The largest absolute Gasteiger partial charge is 0.354 e. The maximum Gasteiger partial charge on any atom is 0.254 e. The molecule has 3 amide bonds. The SMILES string of the molecule is O=C(Cc1ccccc1)NCCNC(=O)C1CCCN(C(=O)c2cccc3ccccc23)C1. The number of amides is 3. The number of carbonyl (C=O) groups is 3. The summed E-state index contributed by atoms with van der Waals surface area (Å²) in [5, 5.41) is 7.71. The molecule has 1 aliphatic heterocycles. The van der Waals surface area contributed by atoms with Crippen LogP contribution >= 0.6 is 0 Å². The quantitative estimate of drug-likeness (QED) is 0.551. The Kier molecular flexibility index (Phi) is 7.35. The third-order valence-corrected chi connectivity index (χ3v) is 6.05. The van der Waals surface area contributed by atoms with Crippen molar-refractivity contribution in [3.63, 3.8) is 0 Å². The third kappa shape index (κ3) is 5.77. The molecule has 3 aromatic carbocycles. The number of carbonyl (C=O) groups excluding carboxylic acids is 3. The van der Waals surface area contributed by atoms with Crippen LogP contribution in [0.2, 0.25) is 0 Å². The van der Waals surface area contributed by atoms with Crippen LogP contribution in [-0.4, -0.2) is 48.8 Å². The van der Waals surface area contributed by atoms with Gasteiger partial charge in [0.05, 0.1) is 12.3 Å². The molecule has 1 saturated heterocycles. The number of piperidine rings is 1. The van der Waals surface area contributed by atoms with Crippen LogP contribution in [0.3, 0.4) is 0 Å². The van der Waals surface area contributed by atoms with Gasteiger partial charge in [0, 0.05) is 31.7 Å². The summed E-state index contributed by atoms with van der Waals surface area (Å²) in [5.74, 6) is -0.405. The molecule has 1 unspecified atom stereocenters. The van der Waals surface area contributed by atoms with Crippen LogP contribution in [0.15, 0.2) is 72.8 Å². The van der Waals surface area contributed by atoms with E-state index in [1.165, 1.54) is 0 Å². The van der Waals surface area contributed by atoms with Crippen LogP contribution in [0.5, 0.6) is 0 Å². The van der Waals surface area contributed by atoms with E-state index in [-0.39, 0.29) is 23.6 Å². The summed E-state index contributed by atoms with van der Waals surface area (Å²) in [6.45, 7) is 1.81. The molecule has 3 aromatic rings. The molecular formula is C27H29N3O3. The highest BCUT2D eigenvalue weighted by molar-refractivity contribution is 6.07. The molecule has 6 nitrogen and oxygen atoms in total. The minimum absolute atomic E-state index is 0.0301. The molecule has 0 spiro atoms. The molecule has 6 heteroatoms. The van der Waals surface area contributed by atoms with Crippen LogP contribution in [0.1, 0.15) is 28.8 Å². The summed E-state index contributed by atoms with van der Waals surface area (Å²) in [7, 11) is 0.